The van der Waals surface area contributed by atoms with Gasteiger partial charge in [-0.1, -0.05) is 43.3 Å². The molecule has 0 saturated heterocycles. The third-order valence-electron chi connectivity index (χ3n) is 2.80. The van der Waals surface area contributed by atoms with Crippen LogP contribution >= 0.6 is 0 Å². The zero-order chi connectivity index (χ0) is 12.8. The maximum Gasteiger partial charge on any atom is 0.239 e. The average molecular weight is 242 g/mol. The summed E-state index contributed by atoms with van der Waals surface area (Å²) in [6.07, 6.45) is 0.958. The lowest BCUT2D eigenvalue weighted by Gasteiger charge is -2.09. The Labute approximate surface area is 107 Å². The fourth-order valence-corrected chi connectivity index (χ4v) is 1.88. The van der Waals surface area contributed by atoms with E-state index in [2.05, 4.69) is 28.8 Å². The molecule has 0 unspecified atom stereocenters. The van der Waals surface area contributed by atoms with Gasteiger partial charge in [-0.25, -0.2) is 0 Å². The van der Waals surface area contributed by atoms with Gasteiger partial charge in [0, 0.05) is 17.6 Å². The highest BCUT2D eigenvalue weighted by molar-refractivity contribution is 5.95. The molecule has 3 nitrogen and oxygen atoms in total. The smallest absolute Gasteiger partial charge is 0.239 e. The lowest BCUT2D eigenvalue weighted by atomic mass is 10.1. The predicted molar refractivity (Wildman–Crippen MR) is 75.7 cm³/mol. The van der Waals surface area contributed by atoms with E-state index < -0.39 is 0 Å². The van der Waals surface area contributed by atoms with Crippen molar-refractivity contribution in [1.29, 1.82) is 0 Å². The van der Waals surface area contributed by atoms with Crippen LogP contribution in [0.4, 0.5) is 5.69 Å². The lowest BCUT2D eigenvalue weighted by Crippen LogP contribution is -2.30. The Bertz CT molecular complexity index is 532. The summed E-state index contributed by atoms with van der Waals surface area (Å²) >= 11 is 0. The van der Waals surface area contributed by atoms with E-state index in [1.54, 1.807) is 0 Å². The fraction of sp³-hybridized carbons (Fsp3) is 0.267. The molecule has 0 aliphatic heterocycles. The molecule has 2 aromatic carbocycles. The van der Waals surface area contributed by atoms with Crippen molar-refractivity contribution in [2.24, 2.45) is 0 Å². The van der Waals surface area contributed by atoms with Gasteiger partial charge in [-0.2, -0.15) is 0 Å². The van der Waals surface area contributed by atoms with Gasteiger partial charge >= 0.3 is 0 Å². The molecule has 2 aromatic rings. The Morgan fingerprint density at radius 1 is 1.11 bits per heavy atom. The van der Waals surface area contributed by atoms with Gasteiger partial charge in [0.2, 0.25) is 5.91 Å². The minimum Gasteiger partial charge on any atom is -0.376 e. The average Bonchev–Trinajstić information content (AvgIpc) is 2.42. The summed E-state index contributed by atoms with van der Waals surface area (Å²) in [6.45, 7) is 3.09. The highest BCUT2D eigenvalue weighted by Gasteiger charge is 2.02. The van der Waals surface area contributed by atoms with E-state index in [-0.39, 0.29) is 5.91 Å². The van der Waals surface area contributed by atoms with Crippen LogP contribution in [-0.4, -0.2) is 19.0 Å². The van der Waals surface area contributed by atoms with Gasteiger partial charge in [0.25, 0.3) is 0 Å². The van der Waals surface area contributed by atoms with Gasteiger partial charge < -0.3 is 10.6 Å². The topological polar surface area (TPSA) is 41.1 Å². The summed E-state index contributed by atoms with van der Waals surface area (Å²) in [4.78, 5) is 11.5. The van der Waals surface area contributed by atoms with E-state index in [4.69, 9.17) is 0 Å². The Morgan fingerprint density at radius 3 is 2.72 bits per heavy atom. The van der Waals surface area contributed by atoms with Crippen LogP contribution in [-0.2, 0) is 4.79 Å². The molecule has 0 bridgehead atoms. The highest BCUT2D eigenvalue weighted by Crippen LogP contribution is 2.22. The van der Waals surface area contributed by atoms with Gasteiger partial charge in [0.1, 0.15) is 0 Å². The monoisotopic (exact) mass is 242 g/mol. The molecule has 0 heterocycles. The molecule has 0 spiro atoms. The Kier molecular flexibility index (Phi) is 4.18. The number of hydrogen-bond donors (Lipinski definition) is 2. The molecule has 0 aliphatic carbocycles. The zero-order valence-electron chi connectivity index (χ0n) is 10.6. The molecule has 0 saturated carbocycles. The SMILES string of the molecule is CCCNC(=O)CNc1cccc2ccccc12. The molecule has 2 rings (SSSR count). The van der Waals surface area contributed by atoms with Gasteiger partial charge in [-0.3, -0.25) is 4.79 Å². The second-order valence-electron chi connectivity index (χ2n) is 4.23. The van der Waals surface area contributed by atoms with E-state index in [1.807, 2.05) is 31.2 Å². The molecule has 18 heavy (non-hydrogen) atoms. The summed E-state index contributed by atoms with van der Waals surface area (Å²) < 4.78 is 0. The van der Waals surface area contributed by atoms with Crippen LogP contribution in [0, 0.1) is 0 Å². The minimum absolute atomic E-state index is 0.0322. The van der Waals surface area contributed by atoms with Gasteiger partial charge in [0.05, 0.1) is 6.54 Å². The number of rotatable bonds is 5. The maximum absolute atomic E-state index is 11.5. The molecule has 0 atom stereocenters. The molecular weight excluding hydrogens is 224 g/mol. The summed E-state index contributed by atoms with van der Waals surface area (Å²) in [5.41, 5.74) is 1.000. The molecular formula is C15H18N2O. The van der Waals surface area contributed by atoms with E-state index in [0.29, 0.717) is 6.54 Å². The predicted octanol–water partition coefficient (Wildman–Crippen LogP) is 2.78. The second kappa shape index (κ2) is 6.05. The van der Waals surface area contributed by atoms with Crippen LogP contribution in [0.25, 0.3) is 10.8 Å². The molecule has 1 amide bonds. The van der Waals surface area contributed by atoms with Crippen molar-refractivity contribution in [2.45, 2.75) is 13.3 Å². The first-order valence-electron chi connectivity index (χ1n) is 6.29. The van der Waals surface area contributed by atoms with Crippen molar-refractivity contribution in [3.8, 4) is 0 Å². The van der Waals surface area contributed by atoms with E-state index in [0.717, 1.165) is 24.0 Å². The van der Waals surface area contributed by atoms with Gasteiger partial charge in [-0.05, 0) is 17.9 Å². The van der Waals surface area contributed by atoms with E-state index in [1.165, 1.54) is 5.39 Å². The van der Waals surface area contributed by atoms with E-state index in [9.17, 15) is 4.79 Å². The number of fused-ring (bicyclic) bond motifs is 1. The number of carbonyl (C=O) groups excluding carboxylic acids is 1. The quantitative estimate of drug-likeness (QED) is 0.846. The standard InChI is InChI=1S/C15H18N2O/c1-2-10-16-15(18)11-17-14-9-5-7-12-6-3-4-8-13(12)14/h3-9,17H,2,10-11H2,1H3,(H,16,18). The summed E-state index contributed by atoms with van der Waals surface area (Å²) in [5.74, 6) is 0.0322. The zero-order valence-corrected chi connectivity index (χ0v) is 10.6. The van der Waals surface area contributed by atoms with Crippen LogP contribution in [0.1, 0.15) is 13.3 Å². The lowest BCUT2D eigenvalue weighted by molar-refractivity contribution is -0.119. The summed E-state index contributed by atoms with van der Waals surface area (Å²) in [7, 11) is 0. The van der Waals surface area contributed by atoms with E-state index >= 15 is 0 Å². The van der Waals surface area contributed by atoms with Gasteiger partial charge in [-0.15, -0.1) is 0 Å². The molecule has 0 aromatic heterocycles. The molecule has 0 aliphatic rings. The van der Waals surface area contributed by atoms with Crippen molar-refractivity contribution in [3.05, 3.63) is 42.5 Å². The largest absolute Gasteiger partial charge is 0.376 e. The number of carbonyl (C=O) groups is 1. The molecule has 0 radical (unpaired) electrons. The third kappa shape index (κ3) is 3.00. The Balaban J connectivity index is 2.05. The minimum atomic E-state index is 0.0322. The molecule has 3 heteroatoms. The maximum atomic E-state index is 11.5. The number of amides is 1. The normalized spacial score (nSPS) is 10.3. The number of anilines is 1. The Hall–Kier alpha value is -2.03. The van der Waals surface area contributed by atoms with Crippen molar-refractivity contribution < 1.29 is 4.79 Å². The third-order valence-corrected chi connectivity index (χ3v) is 2.80. The summed E-state index contributed by atoms with van der Waals surface area (Å²) in [6, 6.07) is 14.2. The molecule has 0 fully saturated rings. The second-order valence-corrected chi connectivity index (χ2v) is 4.23. The number of nitrogens with one attached hydrogen (secondary N) is 2. The van der Waals surface area contributed by atoms with Crippen molar-refractivity contribution in [2.75, 3.05) is 18.4 Å². The van der Waals surface area contributed by atoms with Crippen LogP contribution in [0.3, 0.4) is 0 Å². The number of benzene rings is 2. The van der Waals surface area contributed by atoms with Crippen LogP contribution in [0.2, 0.25) is 0 Å². The van der Waals surface area contributed by atoms with Crippen LogP contribution in [0.15, 0.2) is 42.5 Å². The summed E-state index contributed by atoms with van der Waals surface area (Å²) in [5, 5.41) is 8.35. The van der Waals surface area contributed by atoms with Gasteiger partial charge in [0.15, 0.2) is 0 Å². The van der Waals surface area contributed by atoms with Crippen LogP contribution < -0.4 is 10.6 Å². The molecule has 2 N–H and O–H groups in total. The highest BCUT2D eigenvalue weighted by atomic mass is 16.1. The first-order chi connectivity index (χ1) is 8.81. The number of hydrogen-bond acceptors (Lipinski definition) is 2. The fourth-order valence-electron chi connectivity index (χ4n) is 1.88. The first kappa shape index (κ1) is 12.4. The first-order valence-corrected chi connectivity index (χ1v) is 6.29. The molecule has 94 valence electrons. The van der Waals surface area contributed by atoms with Crippen LogP contribution in [0.5, 0.6) is 0 Å². The van der Waals surface area contributed by atoms with Crippen molar-refractivity contribution in [1.82, 2.24) is 5.32 Å². The van der Waals surface area contributed by atoms with Crippen molar-refractivity contribution in [3.63, 3.8) is 0 Å². The Morgan fingerprint density at radius 2 is 1.89 bits per heavy atom. The van der Waals surface area contributed by atoms with Crippen molar-refractivity contribution >= 4 is 22.4 Å².